The number of hydrogen-bond donors (Lipinski definition) is 5. The van der Waals surface area contributed by atoms with Gasteiger partial charge in [-0.3, -0.25) is 9.48 Å². The van der Waals surface area contributed by atoms with Crippen molar-refractivity contribution in [2.75, 3.05) is 40.9 Å². The van der Waals surface area contributed by atoms with Crippen LogP contribution in [0.2, 0.25) is 0 Å². The van der Waals surface area contributed by atoms with Gasteiger partial charge in [-0.2, -0.15) is 5.26 Å². The minimum atomic E-state index is -1.84. The summed E-state index contributed by atoms with van der Waals surface area (Å²) in [5, 5.41) is 77.7. The van der Waals surface area contributed by atoms with E-state index in [0.29, 0.717) is 51.1 Å². The van der Waals surface area contributed by atoms with Crippen molar-refractivity contribution in [1.29, 1.82) is 5.26 Å². The Bertz CT molecular complexity index is 2330. The highest BCUT2D eigenvalue weighted by molar-refractivity contribution is 5.73. The quantitative estimate of drug-likeness (QED) is 0.0924. The lowest BCUT2D eigenvalue weighted by Gasteiger charge is -2.49. The maximum absolute atomic E-state index is 14.5. The molecular weight excluding hydrogens is 977 g/mol. The molecule has 1 aromatic heterocycles. The van der Waals surface area contributed by atoms with Gasteiger partial charge < -0.3 is 68.5 Å². The van der Waals surface area contributed by atoms with Crippen molar-refractivity contribution < 1.29 is 63.5 Å². The standard InChI is InChI=1S/C57H88N6O13/c1-14-46-57(10,69)50(65)38(6)62(12)32-34(2)29-55(8,68)52(36(4)49(37(5)53(67)74-46)75-47-30-56(9,70-13)51(66)39(7)73-47)76-54-48(64)45(28-35(3)72-54)61(11)26-24-43-33-63(60-59-43)25-15-27-71-44-22-20-42(21-23-44)41-18-16-40(31-58)17-19-41/h16-23,33-39,45-52,54,64-66,68-69H,14-15,24-30,32H2,1-13H3/t34-,35?,36+,37-,38-,39+,45+,46-,47+,48-,49+,50-,51+,52-,54+,55-,56-,57-/m1/s1. The molecule has 0 amide bonds. The summed E-state index contributed by atoms with van der Waals surface area (Å²) >= 11 is 0. The zero-order valence-electron chi connectivity index (χ0n) is 47.1. The number of esters is 1. The lowest BCUT2D eigenvalue weighted by molar-refractivity contribution is -0.318. The molecule has 0 radical (unpaired) electrons. The molecule has 19 heteroatoms. The van der Waals surface area contributed by atoms with Crippen LogP contribution in [0.4, 0.5) is 0 Å². The van der Waals surface area contributed by atoms with Crippen LogP contribution in [0.15, 0.2) is 54.7 Å². The van der Waals surface area contributed by atoms with Crippen molar-refractivity contribution in [1.82, 2.24) is 24.8 Å². The molecule has 2 aromatic carbocycles. The van der Waals surface area contributed by atoms with E-state index < -0.39 is 102 Å². The van der Waals surface area contributed by atoms with Gasteiger partial charge in [-0.05, 0) is 123 Å². The van der Waals surface area contributed by atoms with Crippen molar-refractivity contribution in [2.45, 2.75) is 205 Å². The Morgan fingerprint density at radius 2 is 1.58 bits per heavy atom. The third-order valence-electron chi connectivity index (χ3n) is 16.4. The average molecular weight is 1070 g/mol. The number of carbonyl (C=O) groups excluding carboxylic acids is 1. The number of aliphatic hydroxyl groups excluding tert-OH is 3. The molecule has 18 atom stereocenters. The zero-order chi connectivity index (χ0) is 55.9. The number of likely N-dealkylation sites (N-methyl/N-ethyl adjacent to an activating group) is 2. The fourth-order valence-corrected chi connectivity index (χ4v) is 11.6. The number of ether oxygens (including phenoxy) is 7. The number of nitrogens with zero attached hydrogens (tertiary/aromatic N) is 6. The Morgan fingerprint density at radius 1 is 0.921 bits per heavy atom. The maximum Gasteiger partial charge on any atom is 0.311 e. The van der Waals surface area contributed by atoms with Crippen molar-refractivity contribution in [3.8, 4) is 22.9 Å². The largest absolute Gasteiger partial charge is 0.494 e. The summed E-state index contributed by atoms with van der Waals surface area (Å²) in [6.07, 6.45) is -5.88. The molecule has 424 valence electrons. The summed E-state index contributed by atoms with van der Waals surface area (Å²) in [6, 6.07) is 16.5. The molecule has 3 aliphatic rings. The number of hydrogen-bond acceptors (Lipinski definition) is 18. The van der Waals surface area contributed by atoms with Crippen LogP contribution in [0.5, 0.6) is 5.75 Å². The summed E-state index contributed by atoms with van der Waals surface area (Å²) in [7, 11) is 5.28. The van der Waals surface area contributed by atoms with Gasteiger partial charge in [0.2, 0.25) is 0 Å². The van der Waals surface area contributed by atoms with Crippen LogP contribution < -0.4 is 4.74 Å². The van der Waals surface area contributed by atoms with Crippen LogP contribution in [0.3, 0.4) is 0 Å². The first kappa shape index (κ1) is 61.1. The van der Waals surface area contributed by atoms with E-state index in [4.69, 9.17) is 38.4 Å². The van der Waals surface area contributed by atoms with Crippen molar-refractivity contribution in [3.05, 3.63) is 66.0 Å². The van der Waals surface area contributed by atoms with Crippen molar-refractivity contribution >= 4 is 5.97 Å². The second-order valence-electron chi connectivity index (χ2n) is 22.8. The molecular formula is C57H88N6O13. The molecule has 3 fully saturated rings. The van der Waals surface area contributed by atoms with Gasteiger partial charge in [0.25, 0.3) is 0 Å². The number of benzene rings is 2. The Morgan fingerprint density at radius 3 is 2.21 bits per heavy atom. The smallest absolute Gasteiger partial charge is 0.311 e. The number of aliphatic hydroxyl groups is 5. The Kier molecular flexibility index (Phi) is 21.1. The molecule has 5 N–H and O–H groups in total. The second kappa shape index (κ2) is 26.2. The lowest BCUT2D eigenvalue weighted by atomic mass is 9.77. The van der Waals surface area contributed by atoms with E-state index >= 15 is 0 Å². The second-order valence-corrected chi connectivity index (χ2v) is 22.8. The highest BCUT2D eigenvalue weighted by atomic mass is 16.7. The third-order valence-corrected chi connectivity index (χ3v) is 16.4. The third kappa shape index (κ3) is 14.7. The van der Waals surface area contributed by atoms with Crippen molar-refractivity contribution in [2.24, 2.45) is 17.8 Å². The highest BCUT2D eigenvalue weighted by Gasteiger charge is 2.53. The fraction of sp³-hybridized carbons (Fsp3) is 0.719. The van der Waals surface area contributed by atoms with Crippen molar-refractivity contribution in [3.63, 3.8) is 0 Å². The van der Waals surface area contributed by atoms with E-state index in [2.05, 4.69) is 21.3 Å². The van der Waals surface area contributed by atoms with Gasteiger partial charge in [0.15, 0.2) is 12.6 Å². The van der Waals surface area contributed by atoms with Gasteiger partial charge in [-0.15, -0.1) is 5.10 Å². The Balaban J connectivity index is 1.17. The van der Waals surface area contributed by atoms with E-state index in [1.807, 2.05) is 82.4 Å². The number of aromatic nitrogens is 3. The Hall–Kier alpha value is -4.14. The average Bonchev–Trinajstić information content (AvgIpc) is 3.85. The predicted molar refractivity (Wildman–Crippen MR) is 284 cm³/mol. The van der Waals surface area contributed by atoms with E-state index in [-0.39, 0.29) is 31.3 Å². The SMILES string of the molecule is CC[C@H]1OC(=O)[C@H](C)[C@@H](O[C@H]2C[C@@](C)(OC)[C@@H](O)[C@H](C)O2)[C@H](C)[C@@H](O[C@@H]2OC(C)C[C@H](N(C)CCc3cn(CCCOc4ccc(-c5ccc(C#N)cc5)cc4)nn3)[C@H]2O)[C@](C)(O)C[C@@H](C)CN(C)[C@H](C)[C@@H](O)[C@]1(C)O. The first-order chi connectivity index (χ1) is 35.8. The molecule has 1 unspecified atom stereocenters. The molecule has 6 rings (SSSR count). The normalized spacial score (nSPS) is 37.4. The molecule has 76 heavy (non-hydrogen) atoms. The van der Waals surface area contributed by atoms with Gasteiger partial charge in [0.05, 0.1) is 65.5 Å². The predicted octanol–water partition coefficient (Wildman–Crippen LogP) is 5.11. The van der Waals surface area contributed by atoms with Crippen LogP contribution in [0.25, 0.3) is 11.1 Å². The van der Waals surface area contributed by atoms with Gasteiger partial charge in [0, 0.05) is 70.2 Å². The molecule has 0 aliphatic carbocycles. The van der Waals surface area contributed by atoms with Gasteiger partial charge in [-0.25, -0.2) is 0 Å². The number of aryl methyl sites for hydroxylation is 1. The summed E-state index contributed by atoms with van der Waals surface area (Å²) in [4.78, 5) is 18.5. The van der Waals surface area contributed by atoms with Gasteiger partial charge in [0.1, 0.15) is 35.8 Å². The summed E-state index contributed by atoms with van der Waals surface area (Å²) < 4.78 is 46.2. The van der Waals surface area contributed by atoms with E-state index in [1.165, 1.54) is 14.0 Å². The molecule has 0 spiro atoms. The molecule has 3 saturated heterocycles. The molecule has 4 heterocycles. The first-order valence-corrected chi connectivity index (χ1v) is 27.2. The fourth-order valence-electron chi connectivity index (χ4n) is 11.6. The number of methoxy groups -OCH3 is 1. The van der Waals surface area contributed by atoms with Gasteiger partial charge >= 0.3 is 5.97 Å². The van der Waals surface area contributed by atoms with Crippen LogP contribution >= 0.6 is 0 Å². The van der Waals surface area contributed by atoms with E-state index in [0.717, 1.165) is 22.6 Å². The number of cyclic esters (lactones) is 1. The zero-order valence-corrected chi connectivity index (χ0v) is 47.1. The number of nitriles is 1. The Labute approximate surface area is 450 Å². The molecule has 3 aliphatic heterocycles. The lowest BCUT2D eigenvalue weighted by Crippen LogP contribution is -2.61. The van der Waals surface area contributed by atoms with Crippen LogP contribution in [0, 0.1) is 29.1 Å². The molecule has 0 saturated carbocycles. The monoisotopic (exact) mass is 1060 g/mol. The first-order valence-electron chi connectivity index (χ1n) is 27.2. The summed E-state index contributed by atoms with van der Waals surface area (Å²) in [6.45, 7) is 19.6. The minimum absolute atomic E-state index is 0.0998. The van der Waals surface area contributed by atoms with E-state index in [9.17, 15) is 30.3 Å². The van der Waals surface area contributed by atoms with E-state index in [1.54, 1.807) is 58.4 Å². The summed E-state index contributed by atoms with van der Waals surface area (Å²) in [5.74, 6) is -2.03. The van der Waals surface area contributed by atoms with Crippen LogP contribution in [-0.2, 0) is 46.2 Å². The minimum Gasteiger partial charge on any atom is -0.494 e. The molecule has 19 nitrogen and oxygen atoms in total. The highest BCUT2D eigenvalue weighted by Crippen LogP contribution is 2.40. The summed E-state index contributed by atoms with van der Waals surface area (Å²) in [5.41, 5.74) is -1.06. The van der Waals surface area contributed by atoms with Gasteiger partial charge in [-0.1, -0.05) is 50.3 Å². The molecule has 0 bridgehead atoms. The number of carbonyl (C=O) groups is 1. The topological polar surface area (TPSA) is 244 Å². The maximum atomic E-state index is 14.5. The van der Waals surface area contributed by atoms with Crippen LogP contribution in [0.1, 0.15) is 113 Å². The number of rotatable bonds is 16. The van der Waals surface area contributed by atoms with Crippen LogP contribution in [-0.4, -0.2) is 187 Å². The molecule has 3 aromatic rings.